The predicted octanol–water partition coefficient (Wildman–Crippen LogP) is 0.142. The number of pyridine rings is 1. The van der Waals surface area contributed by atoms with Gasteiger partial charge in [0.15, 0.2) is 0 Å². The van der Waals surface area contributed by atoms with Crippen molar-refractivity contribution < 1.29 is 22.1 Å². The summed E-state index contributed by atoms with van der Waals surface area (Å²) < 4.78 is 50.9. The first-order valence-electron chi connectivity index (χ1n) is 7.06. The third kappa shape index (κ3) is 3.57. The van der Waals surface area contributed by atoms with Gasteiger partial charge < -0.3 is 10.5 Å². The zero-order chi connectivity index (χ0) is 16.5. The Kier molecular flexibility index (Phi) is 2.66. The number of amides is 1. The van der Waals surface area contributed by atoms with Crippen LogP contribution in [0, 0.1) is 5.92 Å². The van der Waals surface area contributed by atoms with Crippen molar-refractivity contribution in [2.45, 2.75) is 12.8 Å². The molecule has 1 aliphatic rings. The van der Waals surface area contributed by atoms with Crippen LogP contribution in [0.3, 0.4) is 0 Å². The van der Waals surface area contributed by atoms with Crippen LogP contribution < -0.4 is 15.2 Å². The van der Waals surface area contributed by atoms with E-state index in [2.05, 4.69) is 9.72 Å². The standard InChI is InChI=1S/C11H15N3O4S/c1-18-11-8(12)4-5-9(13-11)10(15)14-19(16,17)6-7-2-3-7/h4-5,7H,2-3,6,12H2,1H3,(H,14,15)/i1D3. The molecule has 1 saturated carbocycles. The number of anilines is 1. The summed E-state index contributed by atoms with van der Waals surface area (Å²) in [5, 5.41) is 0. The van der Waals surface area contributed by atoms with E-state index >= 15 is 0 Å². The van der Waals surface area contributed by atoms with E-state index < -0.39 is 28.8 Å². The first-order valence-corrected chi connectivity index (χ1v) is 7.21. The molecule has 0 aromatic carbocycles. The summed E-state index contributed by atoms with van der Waals surface area (Å²) in [5.74, 6) is -1.45. The van der Waals surface area contributed by atoms with Gasteiger partial charge >= 0.3 is 0 Å². The molecule has 1 amide bonds. The molecular weight excluding hydrogens is 270 g/mol. The average molecular weight is 288 g/mol. The molecule has 0 aliphatic heterocycles. The first-order chi connectivity index (χ1) is 10.1. The van der Waals surface area contributed by atoms with Gasteiger partial charge in [-0.2, -0.15) is 0 Å². The minimum Gasteiger partial charge on any atom is -0.480 e. The molecule has 19 heavy (non-hydrogen) atoms. The number of aromatic nitrogens is 1. The lowest BCUT2D eigenvalue weighted by Crippen LogP contribution is -2.33. The van der Waals surface area contributed by atoms with Crippen molar-refractivity contribution in [3.05, 3.63) is 17.8 Å². The Labute approximate surface area is 115 Å². The predicted molar refractivity (Wildman–Crippen MR) is 69.2 cm³/mol. The summed E-state index contributed by atoms with van der Waals surface area (Å²) in [5.41, 5.74) is 5.14. The average Bonchev–Trinajstić information content (AvgIpc) is 3.12. The van der Waals surface area contributed by atoms with Gasteiger partial charge in [0.05, 0.1) is 22.6 Å². The number of nitrogen functional groups attached to an aromatic ring is 1. The number of hydrogen-bond donors (Lipinski definition) is 2. The van der Waals surface area contributed by atoms with Gasteiger partial charge in [0.1, 0.15) is 5.69 Å². The van der Waals surface area contributed by atoms with Crippen LogP contribution in [-0.4, -0.2) is 32.1 Å². The van der Waals surface area contributed by atoms with Crippen LogP contribution in [0.25, 0.3) is 0 Å². The van der Waals surface area contributed by atoms with Crippen LogP contribution in [0.1, 0.15) is 27.4 Å². The molecule has 1 heterocycles. The van der Waals surface area contributed by atoms with Gasteiger partial charge in [0, 0.05) is 0 Å². The molecule has 3 N–H and O–H groups in total. The van der Waals surface area contributed by atoms with Gasteiger partial charge in [0.25, 0.3) is 5.91 Å². The molecule has 8 heteroatoms. The number of ether oxygens (including phenoxy) is 1. The number of methoxy groups -OCH3 is 1. The van der Waals surface area contributed by atoms with Gasteiger partial charge in [-0.15, -0.1) is 0 Å². The molecule has 2 rings (SSSR count). The summed E-state index contributed by atoms with van der Waals surface area (Å²) in [6.07, 6.45) is 1.65. The van der Waals surface area contributed by atoms with Crippen molar-refractivity contribution in [2.24, 2.45) is 5.92 Å². The van der Waals surface area contributed by atoms with E-state index in [-0.39, 0.29) is 23.1 Å². The Balaban J connectivity index is 2.14. The molecule has 7 nitrogen and oxygen atoms in total. The molecule has 1 aliphatic carbocycles. The fourth-order valence-corrected chi connectivity index (χ4v) is 2.91. The smallest absolute Gasteiger partial charge is 0.283 e. The Hall–Kier alpha value is -1.83. The number of carbonyl (C=O) groups is 1. The molecule has 1 aromatic heterocycles. The zero-order valence-electron chi connectivity index (χ0n) is 12.9. The van der Waals surface area contributed by atoms with Gasteiger partial charge in [-0.25, -0.2) is 18.1 Å². The lowest BCUT2D eigenvalue weighted by molar-refractivity contribution is 0.0976. The molecule has 0 spiro atoms. The first kappa shape index (κ1) is 10.0. The molecule has 0 bridgehead atoms. The highest BCUT2D eigenvalue weighted by Gasteiger charge is 2.29. The maximum absolute atomic E-state index is 11.9. The Morgan fingerprint density at radius 3 is 3.00 bits per heavy atom. The molecule has 1 aromatic rings. The minimum atomic E-state index is -3.75. The van der Waals surface area contributed by atoms with E-state index in [0.29, 0.717) is 0 Å². The van der Waals surface area contributed by atoms with Crippen molar-refractivity contribution in [2.75, 3.05) is 18.5 Å². The number of hydrogen-bond acceptors (Lipinski definition) is 6. The second kappa shape index (κ2) is 5.04. The summed E-state index contributed by atoms with van der Waals surface area (Å²) in [4.78, 5) is 15.6. The maximum atomic E-state index is 11.9. The third-order valence-corrected chi connectivity index (χ3v) is 4.03. The van der Waals surface area contributed by atoms with Crippen molar-refractivity contribution in [1.82, 2.24) is 9.71 Å². The second-order valence-electron chi connectivity index (χ2n) is 4.35. The van der Waals surface area contributed by atoms with E-state index in [4.69, 9.17) is 9.85 Å². The largest absolute Gasteiger partial charge is 0.480 e. The monoisotopic (exact) mass is 288 g/mol. The SMILES string of the molecule is [2H]C([2H])([2H])Oc1nc(C(=O)NS(=O)(=O)CC2CC2)ccc1N. The highest BCUT2D eigenvalue weighted by Crippen LogP contribution is 2.30. The highest BCUT2D eigenvalue weighted by molar-refractivity contribution is 7.90. The maximum Gasteiger partial charge on any atom is 0.283 e. The molecule has 0 atom stereocenters. The molecule has 1 fully saturated rings. The number of nitrogens with one attached hydrogen (secondary N) is 1. The van der Waals surface area contributed by atoms with Crippen molar-refractivity contribution in [3.8, 4) is 5.88 Å². The van der Waals surface area contributed by atoms with Crippen LogP contribution in [-0.2, 0) is 10.0 Å². The van der Waals surface area contributed by atoms with Crippen LogP contribution >= 0.6 is 0 Å². The Bertz CT molecular complexity index is 686. The topological polar surface area (TPSA) is 111 Å². The van der Waals surface area contributed by atoms with E-state index in [1.54, 1.807) is 0 Å². The molecule has 0 unspecified atom stereocenters. The van der Waals surface area contributed by atoms with E-state index in [1.165, 1.54) is 12.1 Å². The molecule has 104 valence electrons. The van der Waals surface area contributed by atoms with E-state index in [1.807, 2.05) is 4.72 Å². The molecule has 0 saturated heterocycles. The third-order valence-electron chi connectivity index (χ3n) is 2.62. The number of nitrogens with zero attached hydrogens (tertiary/aromatic N) is 1. The van der Waals surface area contributed by atoms with Crippen molar-refractivity contribution >= 4 is 21.6 Å². The lowest BCUT2D eigenvalue weighted by atomic mass is 10.3. The molecular formula is C11H15N3O4S. The summed E-state index contributed by atoms with van der Waals surface area (Å²) in [6, 6.07) is 2.40. The second-order valence-corrected chi connectivity index (χ2v) is 6.12. The fraction of sp³-hybridized carbons (Fsp3) is 0.455. The van der Waals surface area contributed by atoms with Gasteiger partial charge in [-0.05, 0) is 30.9 Å². The van der Waals surface area contributed by atoms with Crippen molar-refractivity contribution in [1.29, 1.82) is 0 Å². The number of sulfonamides is 1. The van der Waals surface area contributed by atoms with Crippen LogP contribution in [0.2, 0.25) is 0 Å². The van der Waals surface area contributed by atoms with Crippen LogP contribution in [0.5, 0.6) is 5.88 Å². The Morgan fingerprint density at radius 2 is 2.37 bits per heavy atom. The lowest BCUT2D eigenvalue weighted by Gasteiger charge is -2.07. The minimum absolute atomic E-state index is 0.0755. The van der Waals surface area contributed by atoms with Gasteiger partial charge in [0.2, 0.25) is 15.9 Å². The van der Waals surface area contributed by atoms with Gasteiger partial charge in [-0.1, -0.05) is 0 Å². The van der Waals surface area contributed by atoms with Crippen LogP contribution in [0.4, 0.5) is 5.69 Å². The quantitative estimate of drug-likeness (QED) is 0.797. The Morgan fingerprint density at radius 1 is 1.63 bits per heavy atom. The summed E-state index contributed by atoms with van der Waals surface area (Å²) in [7, 11) is -6.53. The summed E-state index contributed by atoms with van der Waals surface area (Å²) >= 11 is 0. The number of rotatable bonds is 5. The van der Waals surface area contributed by atoms with Gasteiger partial charge in [-0.3, -0.25) is 4.79 Å². The van der Waals surface area contributed by atoms with Crippen molar-refractivity contribution in [3.63, 3.8) is 0 Å². The normalized spacial score (nSPS) is 18.0. The fourth-order valence-electron chi connectivity index (χ4n) is 1.49. The van der Waals surface area contributed by atoms with E-state index in [0.717, 1.165) is 12.8 Å². The number of carbonyl (C=O) groups excluding carboxylic acids is 1. The zero-order valence-corrected chi connectivity index (χ0v) is 10.7. The van der Waals surface area contributed by atoms with Crippen LogP contribution in [0.15, 0.2) is 12.1 Å². The molecule has 0 radical (unpaired) electrons. The highest BCUT2D eigenvalue weighted by atomic mass is 32.2. The van der Waals surface area contributed by atoms with E-state index in [9.17, 15) is 13.2 Å². The number of nitrogens with two attached hydrogens (primary N) is 1. The summed E-state index contributed by atoms with van der Waals surface area (Å²) in [6.45, 7) is 0.